The van der Waals surface area contributed by atoms with Gasteiger partial charge in [-0.3, -0.25) is 0 Å². The van der Waals surface area contributed by atoms with Crippen LogP contribution in [0.4, 0.5) is 9.59 Å². The van der Waals surface area contributed by atoms with Crippen LogP contribution < -0.4 is 14.2 Å². The SMILES string of the molecule is CC(C)(C)OC(=O)NC(=NCc1ccc(C(=O)O)c[c]1[Sn]([CH3])([CH3])[CH3])NC(=O)OC(C)(C)C. The van der Waals surface area contributed by atoms with E-state index in [1.807, 2.05) is 0 Å². The van der Waals surface area contributed by atoms with Gasteiger partial charge in [-0.15, -0.1) is 0 Å². The first kappa shape index (κ1) is 27.7. The predicted molar refractivity (Wildman–Crippen MR) is 126 cm³/mol. The van der Waals surface area contributed by atoms with Gasteiger partial charge in [0.25, 0.3) is 0 Å². The van der Waals surface area contributed by atoms with Gasteiger partial charge in [0.2, 0.25) is 0 Å². The first-order valence-electron chi connectivity index (χ1n) is 10.3. The number of aliphatic imine (C=N–C) groups is 1. The molecule has 178 valence electrons. The van der Waals surface area contributed by atoms with Crippen molar-refractivity contribution in [3.63, 3.8) is 0 Å². The summed E-state index contributed by atoms with van der Waals surface area (Å²) in [5, 5.41) is 14.2. The topological polar surface area (TPSA) is 126 Å². The Morgan fingerprint density at radius 3 is 1.78 bits per heavy atom. The number of alkyl carbamates (subject to hydrolysis) is 2. The fraction of sp³-hybridized carbons (Fsp3) is 0.545. The normalized spacial score (nSPS) is 11.9. The van der Waals surface area contributed by atoms with Crippen LogP contribution in [0.3, 0.4) is 0 Å². The molecule has 32 heavy (non-hydrogen) atoms. The monoisotopic (exact) mass is 557 g/mol. The zero-order valence-electron chi connectivity index (χ0n) is 20.4. The van der Waals surface area contributed by atoms with Crippen molar-refractivity contribution in [3.8, 4) is 0 Å². The quantitative estimate of drug-likeness (QED) is 0.294. The molecule has 0 aliphatic heterocycles. The summed E-state index contributed by atoms with van der Waals surface area (Å²) in [6, 6.07) is 4.95. The number of rotatable bonds is 4. The van der Waals surface area contributed by atoms with Crippen LogP contribution in [0.1, 0.15) is 57.5 Å². The van der Waals surface area contributed by atoms with E-state index >= 15 is 0 Å². The van der Waals surface area contributed by atoms with Crippen molar-refractivity contribution in [1.29, 1.82) is 0 Å². The third kappa shape index (κ3) is 10.3. The summed E-state index contributed by atoms with van der Waals surface area (Å²) in [6.07, 6.45) is -1.55. The number of aromatic carboxylic acids is 1. The van der Waals surface area contributed by atoms with Crippen molar-refractivity contribution >= 4 is 46.1 Å². The first-order valence-corrected chi connectivity index (χ1v) is 20.3. The Hall–Kier alpha value is -2.30. The van der Waals surface area contributed by atoms with E-state index in [9.17, 15) is 19.5 Å². The molecule has 0 saturated heterocycles. The van der Waals surface area contributed by atoms with Crippen molar-refractivity contribution in [3.05, 3.63) is 29.3 Å². The van der Waals surface area contributed by atoms with Crippen LogP contribution in [0.5, 0.6) is 0 Å². The predicted octanol–water partition coefficient (Wildman–Crippen LogP) is 3.84. The molecule has 0 aromatic heterocycles. The maximum absolute atomic E-state index is 12.2. The summed E-state index contributed by atoms with van der Waals surface area (Å²) in [5.74, 6) is -1.11. The van der Waals surface area contributed by atoms with E-state index in [1.165, 1.54) is 6.07 Å². The third-order valence-corrected chi connectivity index (χ3v) is 9.75. The molecule has 0 spiro atoms. The molecule has 0 aliphatic rings. The minimum absolute atomic E-state index is 0.120. The standard InChI is InChI=1S/C19H26N3O6.3CH3.Sn/c1-18(2,3)27-16(25)21-15(22-17(26)28-19(4,5)6)20-11-12-7-9-13(10-8-12)14(23)24;;;;/h7,9-10H,11H2,1-6H3,(H,23,24)(H2,20,21,22,25,26);3*1H3;. The summed E-state index contributed by atoms with van der Waals surface area (Å²) in [5.41, 5.74) is -0.408. The Morgan fingerprint density at radius 1 is 0.938 bits per heavy atom. The number of nitrogens with one attached hydrogen (secondary N) is 2. The number of carbonyl (C=O) groups excluding carboxylic acids is 2. The zero-order valence-corrected chi connectivity index (χ0v) is 23.2. The molecule has 3 N–H and O–H groups in total. The van der Waals surface area contributed by atoms with Crippen molar-refractivity contribution in [2.24, 2.45) is 4.99 Å². The Morgan fingerprint density at radius 2 is 1.41 bits per heavy atom. The Balaban J connectivity index is 3.24. The second-order valence-corrected chi connectivity index (χ2v) is 24.7. The molecule has 0 heterocycles. The van der Waals surface area contributed by atoms with Crippen molar-refractivity contribution in [2.75, 3.05) is 0 Å². The number of hydrogen-bond acceptors (Lipinski definition) is 6. The molecular weight excluding hydrogens is 521 g/mol. The number of carbonyl (C=O) groups is 3. The zero-order chi connectivity index (χ0) is 24.9. The molecule has 1 aromatic carbocycles. The van der Waals surface area contributed by atoms with Crippen LogP contribution in [0.15, 0.2) is 23.2 Å². The number of hydrogen-bond donors (Lipinski definition) is 3. The van der Waals surface area contributed by atoms with Crippen LogP contribution in [0.25, 0.3) is 0 Å². The number of carboxylic acids is 1. The molecule has 2 amide bonds. The summed E-state index contributed by atoms with van der Waals surface area (Å²) in [7, 11) is 0. The summed E-state index contributed by atoms with van der Waals surface area (Å²) >= 11 is -2.71. The van der Waals surface area contributed by atoms with Gasteiger partial charge in [0.15, 0.2) is 0 Å². The van der Waals surface area contributed by atoms with Gasteiger partial charge in [0, 0.05) is 0 Å². The second kappa shape index (κ2) is 10.5. The number of guanidine groups is 1. The number of carboxylic acid groups (broad SMARTS) is 1. The number of benzene rings is 1. The summed E-state index contributed by atoms with van der Waals surface area (Å²) in [6.45, 7) is 10.4. The van der Waals surface area contributed by atoms with Gasteiger partial charge in [0.1, 0.15) is 0 Å². The van der Waals surface area contributed by atoms with E-state index in [4.69, 9.17) is 9.47 Å². The third-order valence-electron chi connectivity index (χ3n) is 3.81. The molecule has 0 fully saturated rings. The molecule has 0 saturated carbocycles. The van der Waals surface area contributed by atoms with Gasteiger partial charge in [0.05, 0.1) is 0 Å². The molecule has 1 rings (SSSR count). The van der Waals surface area contributed by atoms with Crippen molar-refractivity contribution in [2.45, 2.75) is 74.1 Å². The molecule has 0 radical (unpaired) electrons. The average Bonchev–Trinajstić information content (AvgIpc) is 2.55. The molecule has 0 unspecified atom stereocenters. The van der Waals surface area contributed by atoms with E-state index < -0.39 is 47.7 Å². The fourth-order valence-electron chi connectivity index (χ4n) is 2.62. The number of ether oxygens (including phenoxy) is 2. The summed E-state index contributed by atoms with van der Waals surface area (Å²) < 4.78 is 11.5. The van der Waals surface area contributed by atoms with E-state index in [0.29, 0.717) is 0 Å². The van der Waals surface area contributed by atoms with Gasteiger partial charge >= 0.3 is 194 Å². The maximum atomic E-state index is 12.2. The molecule has 1 aromatic rings. The summed E-state index contributed by atoms with van der Waals surface area (Å²) in [4.78, 5) is 46.7. The molecule has 10 heteroatoms. The number of nitrogens with zero attached hydrogens (tertiary/aromatic N) is 1. The van der Waals surface area contributed by atoms with Gasteiger partial charge in [-0.05, 0) is 0 Å². The Kier molecular flexibility index (Phi) is 9.14. The van der Waals surface area contributed by atoms with Gasteiger partial charge < -0.3 is 0 Å². The van der Waals surface area contributed by atoms with Gasteiger partial charge in [-0.1, -0.05) is 0 Å². The number of amides is 2. The van der Waals surface area contributed by atoms with Crippen LogP contribution in [-0.2, 0) is 16.0 Å². The van der Waals surface area contributed by atoms with Crippen LogP contribution in [0.2, 0.25) is 14.8 Å². The second-order valence-electron chi connectivity index (χ2n) is 10.3. The van der Waals surface area contributed by atoms with Crippen molar-refractivity contribution < 1.29 is 29.0 Å². The Labute approximate surface area is 193 Å². The molecular formula is C22H35N3O6Sn. The van der Waals surface area contributed by atoms with Crippen LogP contribution in [-0.4, -0.2) is 58.8 Å². The first-order chi connectivity index (χ1) is 14.4. The molecule has 0 atom stereocenters. The average molecular weight is 556 g/mol. The van der Waals surface area contributed by atoms with E-state index in [-0.39, 0.29) is 18.1 Å². The Bertz CT molecular complexity index is 860. The van der Waals surface area contributed by atoms with Gasteiger partial charge in [-0.25, -0.2) is 0 Å². The van der Waals surface area contributed by atoms with Crippen LogP contribution >= 0.6 is 0 Å². The van der Waals surface area contributed by atoms with E-state index in [0.717, 1.165) is 9.14 Å². The van der Waals surface area contributed by atoms with E-state index in [1.54, 1.807) is 53.7 Å². The molecule has 0 aliphatic carbocycles. The minimum atomic E-state index is -2.71. The molecule has 9 nitrogen and oxygen atoms in total. The fourth-order valence-corrected chi connectivity index (χ4v) is 7.51. The van der Waals surface area contributed by atoms with Crippen LogP contribution in [0, 0.1) is 0 Å². The molecule has 0 bridgehead atoms. The van der Waals surface area contributed by atoms with Crippen molar-refractivity contribution in [1.82, 2.24) is 10.6 Å². The van der Waals surface area contributed by atoms with Gasteiger partial charge in [-0.2, -0.15) is 0 Å². The van der Waals surface area contributed by atoms with E-state index in [2.05, 4.69) is 30.4 Å².